The molecule has 0 bridgehead atoms. The van der Waals surface area contributed by atoms with Crippen LogP contribution in [0.5, 0.6) is 0 Å². The summed E-state index contributed by atoms with van der Waals surface area (Å²) in [4.78, 5) is 14.5. The number of para-hydroxylation sites is 1. The summed E-state index contributed by atoms with van der Waals surface area (Å²) in [6.45, 7) is 0.874. The van der Waals surface area contributed by atoms with Crippen molar-refractivity contribution in [1.29, 1.82) is 0 Å². The molecule has 0 radical (unpaired) electrons. The molecule has 1 aliphatic carbocycles. The van der Waals surface area contributed by atoms with Crippen LogP contribution in [-0.4, -0.2) is 18.2 Å². The van der Waals surface area contributed by atoms with E-state index in [1.165, 1.54) is 5.56 Å². The molecule has 1 saturated carbocycles. The van der Waals surface area contributed by atoms with E-state index >= 15 is 0 Å². The second kappa shape index (κ2) is 4.61. The average Bonchev–Trinajstić information content (AvgIpc) is 3.18. The molecule has 18 heavy (non-hydrogen) atoms. The molecule has 1 heterocycles. The van der Waals surface area contributed by atoms with Crippen molar-refractivity contribution in [3.63, 3.8) is 0 Å². The van der Waals surface area contributed by atoms with E-state index < -0.39 is 0 Å². The number of thiol groups is 1. The van der Waals surface area contributed by atoms with E-state index in [1.54, 1.807) is 0 Å². The molecule has 96 valence electrons. The van der Waals surface area contributed by atoms with Crippen molar-refractivity contribution in [2.75, 3.05) is 17.2 Å². The molecule has 0 saturated heterocycles. The quantitative estimate of drug-likeness (QED) is 0.829. The van der Waals surface area contributed by atoms with Crippen molar-refractivity contribution in [2.24, 2.45) is 5.41 Å². The minimum atomic E-state index is 0.215. The predicted molar refractivity (Wildman–Crippen MR) is 77.3 cm³/mol. The molecule has 1 aromatic carbocycles. The first-order chi connectivity index (χ1) is 8.74. The zero-order valence-electron chi connectivity index (χ0n) is 10.6. The average molecular weight is 261 g/mol. The van der Waals surface area contributed by atoms with Crippen LogP contribution < -0.4 is 4.90 Å². The van der Waals surface area contributed by atoms with E-state index in [1.807, 2.05) is 11.0 Å². The maximum absolute atomic E-state index is 12.5. The molecule has 0 N–H and O–H groups in total. The summed E-state index contributed by atoms with van der Waals surface area (Å²) < 4.78 is 0. The van der Waals surface area contributed by atoms with Gasteiger partial charge in [-0.25, -0.2) is 0 Å². The Morgan fingerprint density at radius 2 is 2.11 bits per heavy atom. The van der Waals surface area contributed by atoms with Crippen LogP contribution in [0.4, 0.5) is 5.69 Å². The van der Waals surface area contributed by atoms with Gasteiger partial charge in [0.25, 0.3) is 0 Å². The number of hydrogen-bond acceptors (Lipinski definition) is 2. The Labute approximate surface area is 114 Å². The van der Waals surface area contributed by atoms with Gasteiger partial charge in [-0.2, -0.15) is 12.6 Å². The van der Waals surface area contributed by atoms with Crippen molar-refractivity contribution in [3.8, 4) is 0 Å². The first kappa shape index (κ1) is 12.1. The van der Waals surface area contributed by atoms with Crippen molar-refractivity contribution in [1.82, 2.24) is 0 Å². The van der Waals surface area contributed by atoms with Gasteiger partial charge in [-0.05, 0) is 48.5 Å². The van der Waals surface area contributed by atoms with Gasteiger partial charge in [0.1, 0.15) is 0 Å². The van der Waals surface area contributed by atoms with Crippen LogP contribution in [0.3, 0.4) is 0 Å². The van der Waals surface area contributed by atoms with Crippen LogP contribution in [0.2, 0.25) is 0 Å². The van der Waals surface area contributed by atoms with Crippen molar-refractivity contribution in [2.45, 2.75) is 32.1 Å². The maximum Gasteiger partial charge on any atom is 0.227 e. The Balaban J connectivity index is 1.79. The molecule has 1 aromatic rings. The summed E-state index contributed by atoms with van der Waals surface area (Å²) in [7, 11) is 0. The zero-order valence-corrected chi connectivity index (χ0v) is 11.5. The van der Waals surface area contributed by atoms with E-state index in [9.17, 15) is 4.79 Å². The molecule has 2 nitrogen and oxygen atoms in total. The van der Waals surface area contributed by atoms with Crippen LogP contribution in [0.25, 0.3) is 0 Å². The molecule has 3 heteroatoms. The van der Waals surface area contributed by atoms with E-state index in [0.29, 0.717) is 6.42 Å². The smallest absolute Gasteiger partial charge is 0.227 e. The number of aryl methyl sites for hydroxylation is 1. The lowest BCUT2D eigenvalue weighted by molar-refractivity contribution is -0.119. The molecule has 0 unspecified atom stereocenters. The fraction of sp³-hybridized carbons (Fsp3) is 0.533. The number of rotatable bonds is 3. The van der Waals surface area contributed by atoms with Gasteiger partial charge >= 0.3 is 0 Å². The largest absolute Gasteiger partial charge is 0.312 e. The Hall–Kier alpha value is -0.960. The lowest BCUT2D eigenvalue weighted by atomic mass is 9.99. The highest BCUT2D eigenvalue weighted by Crippen LogP contribution is 2.50. The third-order valence-corrected chi connectivity index (χ3v) is 4.90. The number of carbonyl (C=O) groups is 1. The van der Waals surface area contributed by atoms with E-state index in [4.69, 9.17) is 0 Å². The van der Waals surface area contributed by atoms with E-state index in [0.717, 1.165) is 43.7 Å². The second-order valence-corrected chi connectivity index (χ2v) is 5.93. The summed E-state index contributed by atoms with van der Waals surface area (Å²) in [6, 6.07) is 8.30. The number of anilines is 1. The van der Waals surface area contributed by atoms with Crippen LogP contribution >= 0.6 is 12.6 Å². The number of fused-ring (bicyclic) bond motifs is 1. The normalized spacial score (nSPS) is 20.4. The number of amides is 1. The molecule has 1 aliphatic heterocycles. The SMILES string of the molecule is O=C(CC1(CS)CC1)N1CCCc2ccccc21. The summed E-state index contributed by atoms with van der Waals surface area (Å²) in [6.07, 6.45) is 5.18. The second-order valence-electron chi connectivity index (χ2n) is 5.61. The minimum absolute atomic E-state index is 0.215. The van der Waals surface area contributed by atoms with Crippen molar-refractivity contribution in [3.05, 3.63) is 29.8 Å². The standard InChI is InChI=1S/C15H19NOS/c17-14(10-15(11-18)7-8-15)16-9-3-5-12-4-1-2-6-13(12)16/h1-2,4,6,18H,3,5,7-11H2. The highest BCUT2D eigenvalue weighted by atomic mass is 32.1. The van der Waals surface area contributed by atoms with Gasteiger partial charge in [0.2, 0.25) is 5.91 Å². The number of benzene rings is 1. The fourth-order valence-electron chi connectivity index (χ4n) is 2.78. The first-order valence-electron chi connectivity index (χ1n) is 6.73. The van der Waals surface area contributed by atoms with Crippen LogP contribution in [0, 0.1) is 5.41 Å². The van der Waals surface area contributed by atoms with Gasteiger partial charge in [-0.15, -0.1) is 0 Å². The zero-order chi connectivity index (χ0) is 12.6. The summed E-state index contributed by atoms with van der Waals surface area (Å²) in [5.41, 5.74) is 2.66. The third-order valence-electron chi connectivity index (χ3n) is 4.23. The first-order valence-corrected chi connectivity index (χ1v) is 7.36. The highest BCUT2D eigenvalue weighted by Gasteiger charge is 2.44. The van der Waals surface area contributed by atoms with E-state index in [2.05, 4.69) is 30.8 Å². The van der Waals surface area contributed by atoms with Gasteiger partial charge in [0.15, 0.2) is 0 Å². The predicted octanol–water partition coefficient (Wildman–Crippen LogP) is 3.07. The molecule has 1 fully saturated rings. The molecule has 0 atom stereocenters. The molecule has 0 spiro atoms. The van der Waals surface area contributed by atoms with Gasteiger partial charge in [-0.1, -0.05) is 18.2 Å². The van der Waals surface area contributed by atoms with Gasteiger partial charge < -0.3 is 4.90 Å². The lowest BCUT2D eigenvalue weighted by Crippen LogP contribution is -2.36. The fourth-order valence-corrected chi connectivity index (χ4v) is 3.20. The third kappa shape index (κ3) is 2.16. The van der Waals surface area contributed by atoms with Crippen molar-refractivity contribution >= 4 is 24.2 Å². The summed E-state index contributed by atoms with van der Waals surface area (Å²) >= 11 is 4.39. The van der Waals surface area contributed by atoms with E-state index in [-0.39, 0.29) is 11.3 Å². The number of hydrogen-bond donors (Lipinski definition) is 1. The summed E-state index contributed by atoms with van der Waals surface area (Å²) in [5.74, 6) is 1.13. The van der Waals surface area contributed by atoms with Gasteiger partial charge in [-0.3, -0.25) is 4.79 Å². The Kier molecular flexibility index (Phi) is 3.10. The van der Waals surface area contributed by atoms with Crippen molar-refractivity contribution < 1.29 is 4.79 Å². The van der Waals surface area contributed by atoms with Crippen LogP contribution in [0.1, 0.15) is 31.2 Å². The monoisotopic (exact) mass is 261 g/mol. The Bertz CT molecular complexity index is 467. The minimum Gasteiger partial charge on any atom is -0.312 e. The molecule has 2 aliphatic rings. The number of nitrogens with zero attached hydrogens (tertiary/aromatic N) is 1. The maximum atomic E-state index is 12.5. The Morgan fingerprint density at radius 1 is 1.33 bits per heavy atom. The summed E-state index contributed by atoms with van der Waals surface area (Å²) in [5, 5.41) is 0. The topological polar surface area (TPSA) is 20.3 Å². The van der Waals surface area contributed by atoms with Crippen LogP contribution in [0.15, 0.2) is 24.3 Å². The number of carbonyl (C=O) groups excluding carboxylic acids is 1. The molecule has 0 aromatic heterocycles. The molecular formula is C15H19NOS. The lowest BCUT2D eigenvalue weighted by Gasteiger charge is -2.30. The van der Waals surface area contributed by atoms with Gasteiger partial charge in [0.05, 0.1) is 0 Å². The molecule has 3 rings (SSSR count). The Morgan fingerprint density at radius 3 is 2.83 bits per heavy atom. The highest BCUT2D eigenvalue weighted by molar-refractivity contribution is 7.80. The van der Waals surface area contributed by atoms with Crippen LogP contribution in [-0.2, 0) is 11.2 Å². The molecule has 1 amide bonds. The van der Waals surface area contributed by atoms with Gasteiger partial charge in [0, 0.05) is 18.7 Å². The molecular weight excluding hydrogens is 242 g/mol.